The second kappa shape index (κ2) is 25.2. The van der Waals surface area contributed by atoms with Crippen molar-refractivity contribution < 1.29 is 37.3 Å². The molecule has 0 spiro atoms. The normalized spacial score (nSPS) is 15.1. The van der Waals surface area contributed by atoms with Crippen molar-refractivity contribution in [1.82, 2.24) is 0 Å². The van der Waals surface area contributed by atoms with Crippen LogP contribution >= 0.6 is 7.82 Å². The lowest BCUT2D eigenvalue weighted by atomic mass is 10.1. The third kappa shape index (κ3) is 28.0. The minimum absolute atomic E-state index is 0.0800. The minimum Gasteiger partial charge on any atom is -0.457 e. The summed E-state index contributed by atoms with van der Waals surface area (Å²) >= 11 is 0. The fourth-order valence-corrected chi connectivity index (χ4v) is 4.08. The first-order valence-electron chi connectivity index (χ1n) is 14.9. The van der Waals surface area contributed by atoms with Crippen LogP contribution in [0, 0.1) is 0 Å². The summed E-state index contributed by atoms with van der Waals surface area (Å²) in [6.07, 6.45) is 27.8. The number of rotatable bonds is 26. The highest BCUT2D eigenvalue weighted by Crippen LogP contribution is 2.43. The number of quaternary nitrogens is 1. The molecule has 0 aliphatic rings. The molecule has 8 nitrogen and oxygen atoms in total. The maximum atomic E-state index is 12.1. The van der Waals surface area contributed by atoms with Gasteiger partial charge in [-0.3, -0.25) is 13.8 Å². The number of unbranched alkanes of at least 4 members (excludes halogenated alkanes) is 5. The molecule has 0 radical (unpaired) electrons. The fraction of sp³-hybridized carbons (Fsp3) is 0.710. The quantitative estimate of drug-likeness (QED) is 0.0374. The van der Waals surface area contributed by atoms with Gasteiger partial charge in [-0.05, 0) is 44.9 Å². The summed E-state index contributed by atoms with van der Waals surface area (Å²) in [4.78, 5) is 21.6. The number of esters is 1. The van der Waals surface area contributed by atoms with Crippen LogP contribution in [0.1, 0.15) is 84.5 Å². The molecule has 1 N–H and O–H groups in total. The average molecular weight is 587 g/mol. The molecule has 0 saturated carbocycles. The van der Waals surface area contributed by atoms with Crippen molar-refractivity contribution in [3.05, 3.63) is 48.6 Å². The molecule has 0 saturated heterocycles. The molecule has 0 fully saturated rings. The lowest BCUT2D eigenvalue weighted by molar-refractivity contribution is -0.870. The molecule has 2 unspecified atom stereocenters. The molecule has 0 rings (SSSR count). The van der Waals surface area contributed by atoms with Crippen LogP contribution in [0.2, 0.25) is 0 Å². The van der Waals surface area contributed by atoms with Gasteiger partial charge in [0.1, 0.15) is 19.3 Å². The third-order valence-corrected chi connectivity index (χ3v) is 6.69. The van der Waals surface area contributed by atoms with E-state index in [4.69, 9.17) is 18.5 Å². The van der Waals surface area contributed by atoms with Gasteiger partial charge < -0.3 is 18.9 Å². The zero-order valence-corrected chi connectivity index (χ0v) is 26.7. The molecule has 0 heterocycles. The van der Waals surface area contributed by atoms with Gasteiger partial charge in [0, 0.05) is 13.0 Å². The molecule has 0 aliphatic heterocycles. The molecule has 40 heavy (non-hydrogen) atoms. The highest BCUT2D eigenvalue weighted by Gasteiger charge is 2.26. The van der Waals surface area contributed by atoms with Crippen LogP contribution in [-0.4, -0.2) is 75.6 Å². The van der Waals surface area contributed by atoms with E-state index in [0.29, 0.717) is 17.6 Å². The van der Waals surface area contributed by atoms with Crippen molar-refractivity contribution in [2.45, 2.75) is 90.6 Å². The number of carbonyl (C=O) groups is 1. The summed E-state index contributed by atoms with van der Waals surface area (Å²) in [5, 5.41) is 0. The summed E-state index contributed by atoms with van der Waals surface area (Å²) in [6, 6.07) is 0. The van der Waals surface area contributed by atoms with Crippen molar-refractivity contribution >= 4 is 13.8 Å². The van der Waals surface area contributed by atoms with E-state index in [1.807, 2.05) is 21.1 Å². The SMILES string of the molecule is CC/C=C\C/C=C\C/C=C\C/C=C\CCCCCCCOCC(COP(=O)(O)OCC[N+](C)(C)C)OC(=O)CC. The van der Waals surface area contributed by atoms with Gasteiger partial charge in [0.25, 0.3) is 0 Å². The number of likely N-dealkylation sites (N-methyl/N-ethyl adjacent to an activating group) is 1. The standard InChI is InChI=1S/C31H56NO7P/c1-6-8-9-10-11-12-13-14-15-16-17-18-19-20-21-22-23-24-26-36-28-30(39-31(33)7-2)29-38-40(34,35)37-27-25-32(3,4)5/h8-9,11-12,14-15,17-18,30H,6-7,10,13,16,19-29H2,1-5H3/p+1/b9-8-,12-11-,15-14-,18-17-. The molecule has 0 bridgehead atoms. The Balaban J connectivity index is 3.93. The number of carbonyl (C=O) groups excluding carboxylic acids is 1. The van der Waals surface area contributed by atoms with Crippen LogP contribution in [-0.2, 0) is 27.9 Å². The molecule has 2 atom stereocenters. The number of hydrogen-bond donors (Lipinski definition) is 1. The Hall–Kier alpha value is -1.54. The topological polar surface area (TPSA) is 91.3 Å². The second-order valence-electron chi connectivity index (χ2n) is 10.7. The molecule has 0 aromatic heterocycles. The van der Waals surface area contributed by atoms with Crippen LogP contribution in [0.25, 0.3) is 0 Å². The summed E-state index contributed by atoms with van der Waals surface area (Å²) in [5.41, 5.74) is 0. The number of hydrogen-bond acceptors (Lipinski definition) is 6. The van der Waals surface area contributed by atoms with Gasteiger partial charge in [-0.2, -0.15) is 0 Å². The van der Waals surface area contributed by atoms with Gasteiger partial charge in [-0.15, -0.1) is 0 Å². The van der Waals surface area contributed by atoms with Gasteiger partial charge in [0.15, 0.2) is 0 Å². The lowest BCUT2D eigenvalue weighted by Crippen LogP contribution is -2.37. The summed E-state index contributed by atoms with van der Waals surface area (Å²) < 4.78 is 33.8. The first-order chi connectivity index (χ1) is 19.1. The van der Waals surface area contributed by atoms with E-state index in [0.717, 1.165) is 51.4 Å². The van der Waals surface area contributed by atoms with E-state index < -0.39 is 19.9 Å². The van der Waals surface area contributed by atoms with Crippen LogP contribution in [0.3, 0.4) is 0 Å². The first kappa shape index (κ1) is 38.5. The van der Waals surface area contributed by atoms with Crippen LogP contribution in [0.15, 0.2) is 48.6 Å². The fourth-order valence-electron chi connectivity index (χ4n) is 3.34. The summed E-state index contributed by atoms with van der Waals surface area (Å²) in [6.45, 7) is 4.85. The monoisotopic (exact) mass is 586 g/mol. The molecule has 0 amide bonds. The smallest absolute Gasteiger partial charge is 0.457 e. The summed E-state index contributed by atoms with van der Waals surface area (Å²) in [7, 11) is 1.63. The molecule has 0 aromatic rings. The van der Waals surface area contributed by atoms with E-state index in [9.17, 15) is 14.3 Å². The predicted octanol–water partition coefficient (Wildman–Crippen LogP) is 7.31. The highest BCUT2D eigenvalue weighted by atomic mass is 31.2. The van der Waals surface area contributed by atoms with E-state index in [1.165, 1.54) is 12.8 Å². The Morgan fingerprint density at radius 1 is 0.775 bits per heavy atom. The van der Waals surface area contributed by atoms with Gasteiger partial charge in [0.05, 0.1) is 34.4 Å². The number of phosphoric acid groups is 1. The van der Waals surface area contributed by atoms with E-state index >= 15 is 0 Å². The van der Waals surface area contributed by atoms with E-state index in [-0.39, 0.29) is 26.2 Å². The number of nitrogens with zero attached hydrogens (tertiary/aromatic N) is 1. The van der Waals surface area contributed by atoms with Crippen molar-refractivity contribution in [3.63, 3.8) is 0 Å². The average Bonchev–Trinajstić information content (AvgIpc) is 2.89. The van der Waals surface area contributed by atoms with Gasteiger partial charge >= 0.3 is 13.8 Å². The maximum absolute atomic E-state index is 12.1. The van der Waals surface area contributed by atoms with Crippen LogP contribution in [0.4, 0.5) is 0 Å². The van der Waals surface area contributed by atoms with E-state index in [1.54, 1.807) is 6.92 Å². The largest absolute Gasteiger partial charge is 0.472 e. The molecule has 0 aromatic carbocycles. The molecular weight excluding hydrogens is 529 g/mol. The maximum Gasteiger partial charge on any atom is 0.472 e. The first-order valence-corrected chi connectivity index (χ1v) is 16.4. The molecule has 232 valence electrons. The highest BCUT2D eigenvalue weighted by molar-refractivity contribution is 7.47. The second-order valence-corrected chi connectivity index (χ2v) is 12.2. The Morgan fingerprint density at radius 2 is 1.35 bits per heavy atom. The van der Waals surface area contributed by atoms with Crippen LogP contribution in [0.5, 0.6) is 0 Å². The number of phosphoric ester groups is 1. The Morgan fingerprint density at radius 3 is 1.95 bits per heavy atom. The summed E-state index contributed by atoms with van der Waals surface area (Å²) in [5.74, 6) is -0.413. The Bertz CT molecular complexity index is 787. The van der Waals surface area contributed by atoms with Gasteiger partial charge in [-0.25, -0.2) is 4.57 Å². The molecule has 0 aliphatic carbocycles. The van der Waals surface area contributed by atoms with Crippen LogP contribution < -0.4 is 0 Å². The molecule has 9 heteroatoms. The number of ether oxygens (including phenoxy) is 2. The van der Waals surface area contributed by atoms with Gasteiger partial charge in [-0.1, -0.05) is 81.7 Å². The van der Waals surface area contributed by atoms with Crippen molar-refractivity contribution in [3.8, 4) is 0 Å². The zero-order valence-electron chi connectivity index (χ0n) is 25.8. The molecular formula is C31H57NO7P+. The van der Waals surface area contributed by atoms with Crippen molar-refractivity contribution in [2.24, 2.45) is 0 Å². The lowest BCUT2D eigenvalue weighted by Gasteiger charge is -2.24. The van der Waals surface area contributed by atoms with Crippen molar-refractivity contribution in [1.29, 1.82) is 0 Å². The van der Waals surface area contributed by atoms with E-state index in [2.05, 4.69) is 55.5 Å². The van der Waals surface area contributed by atoms with Crippen molar-refractivity contribution in [2.75, 3.05) is 54.1 Å². The van der Waals surface area contributed by atoms with Gasteiger partial charge in [0.2, 0.25) is 0 Å². The third-order valence-electron chi connectivity index (χ3n) is 5.71. The predicted molar refractivity (Wildman–Crippen MR) is 164 cm³/mol. The Labute approximate surface area is 244 Å². The zero-order chi connectivity index (χ0) is 30.0. The number of allylic oxidation sites excluding steroid dienone is 8. The minimum atomic E-state index is -4.23. The Kier molecular flexibility index (Phi) is 24.2.